The Kier molecular flexibility index (Phi) is 3.56. The standard InChI is InChI=1S/C15H16N4O3S/c1-15(2,3)13-17-18-14(22-13)19-23(20,21)12-6-4-5-10-9-16-8-7-11(10)12/h4-9H,1-3H3,(H,18,19). The highest BCUT2D eigenvalue weighted by atomic mass is 32.2. The van der Waals surface area contributed by atoms with Crippen molar-refractivity contribution in [2.24, 2.45) is 0 Å². The van der Waals surface area contributed by atoms with Crippen LogP contribution >= 0.6 is 0 Å². The van der Waals surface area contributed by atoms with Crippen LogP contribution in [-0.4, -0.2) is 23.6 Å². The van der Waals surface area contributed by atoms with E-state index in [0.717, 1.165) is 5.39 Å². The first kappa shape index (κ1) is 15.4. The zero-order valence-corrected chi connectivity index (χ0v) is 13.8. The molecule has 0 saturated heterocycles. The van der Waals surface area contributed by atoms with E-state index in [2.05, 4.69) is 19.9 Å². The van der Waals surface area contributed by atoms with Crippen molar-refractivity contribution in [1.82, 2.24) is 15.2 Å². The molecule has 0 aliphatic rings. The molecule has 7 nitrogen and oxygen atoms in total. The van der Waals surface area contributed by atoms with E-state index in [1.807, 2.05) is 20.8 Å². The minimum Gasteiger partial charge on any atom is -0.407 e. The Labute approximate surface area is 133 Å². The quantitative estimate of drug-likeness (QED) is 0.792. The summed E-state index contributed by atoms with van der Waals surface area (Å²) in [4.78, 5) is 4.13. The van der Waals surface area contributed by atoms with E-state index >= 15 is 0 Å². The van der Waals surface area contributed by atoms with Crippen LogP contribution in [0, 0.1) is 0 Å². The minimum absolute atomic E-state index is 0.132. The largest absolute Gasteiger partial charge is 0.407 e. The number of hydrogen-bond acceptors (Lipinski definition) is 6. The summed E-state index contributed by atoms with van der Waals surface area (Å²) in [5.74, 6) is 0.359. The van der Waals surface area contributed by atoms with E-state index in [-0.39, 0.29) is 16.3 Å². The molecule has 0 unspecified atom stereocenters. The summed E-state index contributed by atoms with van der Waals surface area (Å²) in [5.41, 5.74) is -0.359. The van der Waals surface area contributed by atoms with Crippen molar-refractivity contribution in [3.8, 4) is 0 Å². The average molecular weight is 332 g/mol. The van der Waals surface area contributed by atoms with Crippen LogP contribution in [0.15, 0.2) is 46.0 Å². The van der Waals surface area contributed by atoms with Crippen LogP contribution in [0.25, 0.3) is 10.8 Å². The van der Waals surface area contributed by atoms with E-state index < -0.39 is 10.0 Å². The van der Waals surface area contributed by atoms with Gasteiger partial charge in [-0.2, -0.15) is 0 Å². The number of hydrogen-bond donors (Lipinski definition) is 1. The molecule has 23 heavy (non-hydrogen) atoms. The number of rotatable bonds is 3. The summed E-state index contributed by atoms with van der Waals surface area (Å²) in [6.07, 6.45) is 3.16. The number of fused-ring (bicyclic) bond motifs is 1. The molecule has 0 saturated carbocycles. The lowest BCUT2D eigenvalue weighted by Crippen LogP contribution is -2.14. The monoisotopic (exact) mass is 332 g/mol. The van der Waals surface area contributed by atoms with Gasteiger partial charge in [0.1, 0.15) is 0 Å². The fourth-order valence-electron chi connectivity index (χ4n) is 2.06. The van der Waals surface area contributed by atoms with Crippen LogP contribution in [0.1, 0.15) is 26.7 Å². The molecular weight excluding hydrogens is 316 g/mol. The summed E-state index contributed by atoms with van der Waals surface area (Å²) in [6, 6.07) is 6.48. The number of benzene rings is 1. The van der Waals surface area contributed by atoms with Crippen molar-refractivity contribution in [2.45, 2.75) is 31.1 Å². The molecule has 120 valence electrons. The van der Waals surface area contributed by atoms with Crippen LogP contribution in [0.5, 0.6) is 0 Å². The Morgan fingerprint density at radius 3 is 2.61 bits per heavy atom. The summed E-state index contributed by atoms with van der Waals surface area (Å²) in [6.45, 7) is 5.70. The van der Waals surface area contributed by atoms with Gasteiger partial charge < -0.3 is 4.42 Å². The first-order valence-corrected chi connectivity index (χ1v) is 8.45. The molecule has 0 fully saturated rings. The zero-order valence-electron chi connectivity index (χ0n) is 12.9. The van der Waals surface area contributed by atoms with E-state index in [0.29, 0.717) is 11.3 Å². The van der Waals surface area contributed by atoms with Crippen molar-refractivity contribution >= 4 is 26.8 Å². The molecular formula is C15H16N4O3S. The molecule has 0 aliphatic heterocycles. The van der Waals surface area contributed by atoms with Crippen molar-refractivity contribution in [3.63, 3.8) is 0 Å². The molecule has 0 radical (unpaired) electrons. The molecule has 0 atom stereocenters. The van der Waals surface area contributed by atoms with Crippen molar-refractivity contribution < 1.29 is 12.8 Å². The Morgan fingerprint density at radius 2 is 1.91 bits per heavy atom. The number of anilines is 1. The van der Waals surface area contributed by atoms with Crippen LogP contribution in [0.2, 0.25) is 0 Å². The topological polar surface area (TPSA) is 98.0 Å². The second-order valence-corrected chi connectivity index (χ2v) is 7.77. The van der Waals surface area contributed by atoms with E-state index in [4.69, 9.17) is 4.42 Å². The van der Waals surface area contributed by atoms with Gasteiger partial charge in [-0.25, -0.2) is 13.1 Å². The van der Waals surface area contributed by atoms with E-state index in [1.54, 1.807) is 30.6 Å². The maximum Gasteiger partial charge on any atom is 0.329 e. The maximum absolute atomic E-state index is 12.6. The van der Waals surface area contributed by atoms with Crippen LogP contribution in [0.3, 0.4) is 0 Å². The van der Waals surface area contributed by atoms with Gasteiger partial charge in [0.25, 0.3) is 10.0 Å². The van der Waals surface area contributed by atoms with Crippen LogP contribution in [-0.2, 0) is 15.4 Å². The highest BCUT2D eigenvalue weighted by molar-refractivity contribution is 7.93. The molecule has 0 spiro atoms. The Balaban J connectivity index is 2.00. The molecule has 3 aromatic rings. The Bertz CT molecular complexity index is 953. The third kappa shape index (κ3) is 3.02. The zero-order chi connectivity index (χ0) is 16.7. The third-order valence-corrected chi connectivity index (χ3v) is 4.60. The van der Waals surface area contributed by atoms with Crippen molar-refractivity contribution in [2.75, 3.05) is 4.72 Å². The number of pyridine rings is 1. The Hall–Kier alpha value is -2.48. The fourth-order valence-corrected chi connectivity index (χ4v) is 3.22. The maximum atomic E-state index is 12.6. The summed E-state index contributed by atoms with van der Waals surface area (Å²) in [5, 5.41) is 8.94. The van der Waals surface area contributed by atoms with Crippen molar-refractivity contribution in [3.05, 3.63) is 42.5 Å². The smallest absolute Gasteiger partial charge is 0.329 e. The molecule has 1 aromatic carbocycles. The second-order valence-electron chi connectivity index (χ2n) is 6.12. The van der Waals surface area contributed by atoms with Gasteiger partial charge in [-0.3, -0.25) is 4.98 Å². The van der Waals surface area contributed by atoms with Gasteiger partial charge in [0.2, 0.25) is 5.89 Å². The lowest BCUT2D eigenvalue weighted by atomic mass is 9.97. The first-order valence-electron chi connectivity index (χ1n) is 6.97. The fraction of sp³-hybridized carbons (Fsp3) is 0.267. The molecule has 8 heteroatoms. The molecule has 1 N–H and O–H groups in total. The van der Waals surface area contributed by atoms with Gasteiger partial charge in [0, 0.05) is 28.6 Å². The molecule has 3 rings (SSSR count). The average Bonchev–Trinajstić information content (AvgIpc) is 2.94. The van der Waals surface area contributed by atoms with Gasteiger partial charge in [-0.1, -0.05) is 38.0 Å². The molecule has 2 heterocycles. The third-order valence-electron chi connectivity index (χ3n) is 3.22. The second kappa shape index (κ2) is 5.31. The van der Waals surface area contributed by atoms with Gasteiger partial charge in [-0.15, -0.1) is 5.10 Å². The van der Waals surface area contributed by atoms with Gasteiger partial charge >= 0.3 is 6.01 Å². The predicted octanol–water partition coefficient (Wildman–Crippen LogP) is 2.72. The predicted molar refractivity (Wildman–Crippen MR) is 85.5 cm³/mol. The van der Waals surface area contributed by atoms with E-state index in [9.17, 15) is 8.42 Å². The lowest BCUT2D eigenvalue weighted by Gasteiger charge is -2.11. The summed E-state index contributed by atoms with van der Waals surface area (Å²) in [7, 11) is -3.85. The highest BCUT2D eigenvalue weighted by Crippen LogP contribution is 2.26. The van der Waals surface area contributed by atoms with Crippen LogP contribution in [0.4, 0.5) is 6.01 Å². The molecule has 0 bridgehead atoms. The summed E-state index contributed by atoms with van der Waals surface area (Å²) < 4.78 is 33.0. The minimum atomic E-state index is -3.85. The number of nitrogens with zero attached hydrogens (tertiary/aromatic N) is 3. The normalized spacial score (nSPS) is 12.5. The highest BCUT2D eigenvalue weighted by Gasteiger charge is 2.24. The van der Waals surface area contributed by atoms with E-state index in [1.165, 1.54) is 6.07 Å². The molecule has 0 amide bonds. The van der Waals surface area contributed by atoms with Crippen LogP contribution < -0.4 is 4.72 Å². The molecule has 2 aromatic heterocycles. The molecule has 0 aliphatic carbocycles. The number of nitrogens with one attached hydrogen (secondary N) is 1. The summed E-state index contributed by atoms with van der Waals surface area (Å²) >= 11 is 0. The number of aromatic nitrogens is 3. The van der Waals surface area contributed by atoms with Gasteiger partial charge in [-0.05, 0) is 12.1 Å². The van der Waals surface area contributed by atoms with Gasteiger partial charge in [0.15, 0.2) is 0 Å². The Morgan fingerprint density at radius 1 is 1.13 bits per heavy atom. The lowest BCUT2D eigenvalue weighted by molar-refractivity contribution is 0.401. The van der Waals surface area contributed by atoms with Crippen molar-refractivity contribution in [1.29, 1.82) is 0 Å². The van der Waals surface area contributed by atoms with Gasteiger partial charge in [0.05, 0.1) is 4.90 Å². The SMILES string of the molecule is CC(C)(C)c1nnc(NS(=O)(=O)c2cccc3cnccc23)o1. The number of sulfonamides is 1. The first-order chi connectivity index (χ1) is 10.8.